The van der Waals surface area contributed by atoms with Crippen molar-refractivity contribution in [3.63, 3.8) is 0 Å². The summed E-state index contributed by atoms with van der Waals surface area (Å²) >= 11 is 0. The van der Waals surface area contributed by atoms with Gasteiger partial charge in [-0.25, -0.2) is 0 Å². The highest BCUT2D eigenvalue weighted by Gasteiger charge is 2.20. The van der Waals surface area contributed by atoms with Gasteiger partial charge in [0, 0.05) is 6.54 Å². The molecule has 1 fully saturated rings. The van der Waals surface area contributed by atoms with Crippen molar-refractivity contribution in [2.75, 3.05) is 26.7 Å². The Hall–Kier alpha value is -0.610. The van der Waals surface area contributed by atoms with E-state index in [-0.39, 0.29) is 0 Å². The fourth-order valence-corrected chi connectivity index (χ4v) is 1.52. The molecule has 4 nitrogen and oxygen atoms in total. The number of carboxylic acids is 1. The van der Waals surface area contributed by atoms with Crippen LogP contribution < -0.4 is 5.32 Å². The molecule has 0 aromatic heterocycles. The zero-order valence-corrected chi connectivity index (χ0v) is 7.42. The van der Waals surface area contributed by atoms with Gasteiger partial charge in [0.15, 0.2) is 0 Å². The van der Waals surface area contributed by atoms with Crippen LogP contribution in [0, 0.1) is 0 Å². The largest absolute Gasteiger partial charge is 0.480 e. The lowest BCUT2D eigenvalue weighted by Gasteiger charge is -2.19. The molecular formula is C8H16N2O2. The van der Waals surface area contributed by atoms with E-state index in [4.69, 9.17) is 5.11 Å². The zero-order chi connectivity index (χ0) is 8.97. The van der Waals surface area contributed by atoms with Gasteiger partial charge < -0.3 is 15.3 Å². The van der Waals surface area contributed by atoms with Gasteiger partial charge in [-0.05, 0) is 33.0 Å². The van der Waals surface area contributed by atoms with Gasteiger partial charge >= 0.3 is 5.97 Å². The first-order valence-corrected chi connectivity index (χ1v) is 4.36. The summed E-state index contributed by atoms with van der Waals surface area (Å²) in [5.41, 5.74) is 0. The van der Waals surface area contributed by atoms with Gasteiger partial charge in [-0.3, -0.25) is 4.79 Å². The van der Waals surface area contributed by atoms with Gasteiger partial charge in [0.05, 0.1) is 0 Å². The van der Waals surface area contributed by atoms with E-state index < -0.39 is 12.0 Å². The Bertz CT molecular complexity index is 155. The molecule has 4 heteroatoms. The molecule has 1 aliphatic rings. The molecule has 70 valence electrons. The topological polar surface area (TPSA) is 52.6 Å². The van der Waals surface area contributed by atoms with Crippen LogP contribution in [0.15, 0.2) is 0 Å². The monoisotopic (exact) mass is 172 g/mol. The molecule has 0 unspecified atom stereocenters. The van der Waals surface area contributed by atoms with Gasteiger partial charge in [-0.2, -0.15) is 0 Å². The quantitative estimate of drug-likeness (QED) is 0.614. The van der Waals surface area contributed by atoms with Crippen LogP contribution in [-0.2, 0) is 4.79 Å². The standard InChI is InChI=1S/C8H16N2O2/c1-9-7(8(11)12)6-10-4-2-3-5-10/h7,9H,2-6H2,1H3,(H,11,12)/t7-/m0/s1. The van der Waals surface area contributed by atoms with E-state index >= 15 is 0 Å². The lowest BCUT2D eigenvalue weighted by molar-refractivity contribution is -0.139. The number of nitrogens with one attached hydrogen (secondary N) is 1. The fourth-order valence-electron chi connectivity index (χ4n) is 1.52. The maximum Gasteiger partial charge on any atom is 0.322 e. The van der Waals surface area contributed by atoms with E-state index in [9.17, 15) is 4.79 Å². The van der Waals surface area contributed by atoms with Gasteiger partial charge in [-0.15, -0.1) is 0 Å². The number of rotatable bonds is 4. The highest BCUT2D eigenvalue weighted by Crippen LogP contribution is 2.07. The van der Waals surface area contributed by atoms with Gasteiger partial charge in [-0.1, -0.05) is 0 Å². The zero-order valence-electron chi connectivity index (χ0n) is 7.42. The Morgan fingerprint density at radius 2 is 2.17 bits per heavy atom. The van der Waals surface area contributed by atoms with Gasteiger partial charge in [0.2, 0.25) is 0 Å². The first-order valence-electron chi connectivity index (χ1n) is 4.36. The van der Waals surface area contributed by atoms with Crippen LogP contribution in [-0.4, -0.2) is 48.7 Å². The summed E-state index contributed by atoms with van der Waals surface area (Å²) in [6.07, 6.45) is 2.41. The lowest BCUT2D eigenvalue weighted by Crippen LogP contribution is -2.43. The van der Waals surface area contributed by atoms with E-state index in [1.807, 2.05) is 0 Å². The molecule has 0 aromatic rings. The van der Waals surface area contributed by atoms with Crippen molar-refractivity contribution < 1.29 is 9.90 Å². The minimum Gasteiger partial charge on any atom is -0.480 e. The highest BCUT2D eigenvalue weighted by atomic mass is 16.4. The highest BCUT2D eigenvalue weighted by molar-refractivity contribution is 5.73. The van der Waals surface area contributed by atoms with E-state index in [0.717, 1.165) is 13.1 Å². The third-order valence-electron chi connectivity index (χ3n) is 2.29. The Morgan fingerprint density at radius 3 is 2.58 bits per heavy atom. The molecule has 12 heavy (non-hydrogen) atoms. The number of nitrogens with zero attached hydrogens (tertiary/aromatic N) is 1. The van der Waals surface area contributed by atoms with Crippen molar-refractivity contribution in [2.24, 2.45) is 0 Å². The second-order valence-electron chi connectivity index (χ2n) is 3.19. The van der Waals surface area contributed by atoms with Gasteiger partial charge in [0.1, 0.15) is 6.04 Å². The molecule has 0 spiro atoms. The smallest absolute Gasteiger partial charge is 0.322 e. The van der Waals surface area contributed by atoms with E-state index in [1.165, 1.54) is 12.8 Å². The predicted octanol–water partition coefficient (Wildman–Crippen LogP) is -0.245. The number of likely N-dealkylation sites (N-methyl/N-ethyl adjacent to an activating group) is 1. The average molecular weight is 172 g/mol. The molecule has 0 amide bonds. The van der Waals surface area contributed by atoms with Crippen molar-refractivity contribution in [3.8, 4) is 0 Å². The van der Waals surface area contributed by atoms with Crippen LogP contribution >= 0.6 is 0 Å². The lowest BCUT2D eigenvalue weighted by atomic mass is 10.3. The van der Waals surface area contributed by atoms with Crippen molar-refractivity contribution >= 4 is 5.97 Å². The van der Waals surface area contributed by atoms with Crippen molar-refractivity contribution in [3.05, 3.63) is 0 Å². The van der Waals surface area contributed by atoms with Crippen molar-refractivity contribution in [1.82, 2.24) is 10.2 Å². The summed E-state index contributed by atoms with van der Waals surface area (Å²) in [5, 5.41) is 11.5. The summed E-state index contributed by atoms with van der Waals surface area (Å²) in [4.78, 5) is 12.8. The number of aliphatic carboxylic acids is 1. The Balaban J connectivity index is 2.30. The molecule has 0 radical (unpaired) electrons. The van der Waals surface area contributed by atoms with Crippen molar-refractivity contribution in [1.29, 1.82) is 0 Å². The normalized spacial score (nSPS) is 21.1. The number of carboxylic acid groups (broad SMARTS) is 1. The predicted molar refractivity (Wildman–Crippen MR) is 46.2 cm³/mol. The first kappa shape index (κ1) is 9.48. The summed E-state index contributed by atoms with van der Waals surface area (Å²) in [5.74, 6) is -0.760. The van der Waals surface area contributed by atoms with Crippen LogP contribution in [0.5, 0.6) is 0 Å². The Kier molecular flexibility index (Phi) is 3.49. The number of hydrogen-bond acceptors (Lipinski definition) is 3. The molecule has 1 heterocycles. The number of carbonyl (C=O) groups is 1. The third-order valence-corrected chi connectivity index (χ3v) is 2.29. The summed E-state index contributed by atoms with van der Waals surface area (Å²) < 4.78 is 0. The number of likely N-dealkylation sites (tertiary alicyclic amines) is 1. The van der Waals surface area contributed by atoms with E-state index in [2.05, 4.69) is 10.2 Å². The first-order chi connectivity index (χ1) is 5.74. The van der Waals surface area contributed by atoms with Crippen LogP contribution in [0.1, 0.15) is 12.8 Å². The van der Waals surface area contributed by atoms with Crippen LogP contribution in [0.2, 0.25) is 0 Å². The van der Waals surface area contributed by atoms with Crippen molar-refractivity contribution in [2.45, 2.75) is 18.9 Å². The van der Waals surface area contributed by atoms with Crippen LogP contribution in [0.25, 0.3) is 0 Å². The molecule has 0 aromatic carbocycles. The fraction of sp³-hybridized carbons (Fsp3) is 0.875. The minimum absolute atomic E-state index is 0.414. The second-order valence-corrected chi connectivity index (χ2v) is 3.19. The van der Waals surface area contributed by atoms with Crippen LogP contribution in [0.3, 0.4) is 0 Å². The SMILES string of the molecule is CN[C@@H](CN1CCCC1)C(=O)O. The average Bonchev–Trinajstić information content (AvgIpc) is 2.51. The third kappa shape index (κ3) is 2.46. The number of hydrogen-bond donors (Lipinski definition) is 2. The molecular weight excluding hydrogens is 156 g/mol. The molecule has 0 saturated carbocycles. The molecule has 2 N–H and O–H groups in total. The molecule has 1 saturated heterocycles. The van der Waals surface area contributed by atoms with E-state index in [1.54, 1.807) is 7.05 Å². The van der Waals surface area contributed by atoms with Gasteiger partial charge in [0.25, 0.3) is 0 Å². The Labute approximate surface area is 72.6 Å². The Morgan fingerprint density at radius 1 is 1.58 bits per heavy atom. The minimum atomic E-state index is -0.760. The summed E-state index contributed by atoms with van der Waals surface area (Å²) in [6, 6.07) is -0.414. The maximum absolute atomic E-state index is 10.6. The molecule has 0 aliphatic carbocycles. The molecule has 1 rings (SSSR count). The maximum atomic E-state index is 10.6. The molecule has 1 aliphatic heterocycles. The van der Waals surface area contributed by atoms with E-state index in [0.29, 0.717) is 6.54 Å². The molecule has 1 atom stereocenters. The summed E-state index contributed by atoms with van der Waals surface area (Å²) in [7, 11) is 1.69. The molecule has 0 bridgehead atoms. The van der Waals surface area contributed by atoms with Crippen LogP contribution in [0.4, 0.5) is 0 Å². The summed E-state index contributed by atoms with van der Waals surface area (Å²) in [6.45, 7) is 2.72. The second kappa shape index (κ2) is 4.42.